The highest BCUT2D eigenvalue weighted by Crippen LogP contribution is 2.25. The Bertz CT molecular complexity index is 790. The first-order chi connectivity index (χ1) is 10.6. The van der Waals surface area contributed by atoms with E-state index in [0.717, 1.165) is 39.1 Å². The zero-order valence-electron chi connectivity index (χ0n) is 12.3. The van der Waals surface area contributed by atoms with Gasteiger partial charge in [-0.25, -0.2) is 9.97 Å². The molecule has 0 saturated heterocycles. The third kappa shape index (κ3) is 3.58. The Balaban J connectivity index is 1.74. The van der Waals surface area contributed by atoms with Crippen LogP contribution in [0.3, 0.4) is 0 Å². The van der Waals surface area contributed by atoms with Crippen molar-refractivity contribution in [2.75, 3.05) is 5.32 Å². The molecule has 3 aromatic rings. The maximum Gasteiger partial charge on any atom is 0.221 e. The summed E-state index contributed by atoms with van der Waals surface area (Å²) in [6.07, 6.45) is 0.785. The summed E-state index contributed by atoms with van der Waals surface area (Å²) in [6.45, 7) is 3.50. The van der Waals surface area contributed by atoms with Crippen molar-refractivity contribution >= 4 is 34.3 Å². The molecule has 2 aromatic heterocycles. The lowest BCUT2D eigenvalue weighted by atomic mass is 10.1. The number of carbonyl (C=O) groups is 1. The monoisotopic (exact) mass is 329 g/mol. The van der Waals surface area contributed by atoms with Crippen molar-refractivity contribution in [3.63, 3.8) is 0 Å². The predicted molar refractivity (Wildman–Crippen MR) is 91.5 cm³/mol. The molecule has 0 aliphatic carbocycles. The summed E-state index contributed by atoms with van der Waals surface area (Å²) in [5, 5.41) is 9.04. The summed E-state index contributed by atoms with van der Waals surface area (Å²) in [4.78, 5) is 20.2. The van der Waals surface area contributed by atoms with E-state index in [1.807, 2.05) is 31.2 Å². The summed E-state index contributed by atoms with van der Waals surface area (Å²) in [5.74, 6) is -0.0672. The first kappa shape index (κ1) is 14.9. The van der Waals surface area contributed by atoms with E-state index in [9.17, 15) is 4.79 Å². The van der Waals surface area contributed by atoms with Gasteiger partial charge in [0.25, 0.3) is 0 Å². The van der Waals surface area contributed by atoms with Gasteiger partial charge in [0.15, 0.2) is 0 Å². The second-order valence-corrected chi connectivity index (χ2v) is 6.83. The second kappa shape index (κ2) is 6.37. The zero-order valence-corrected chi connectivity index (χ0v) is 13.9. The highest BCUT2D eigenvalue weighted by molar-refractivity contribution is 7.11. The SMILES string of the molecule is CC(=O)Nc1ccc(-c2csc(Cc3nc(C)cs3)n2)cc1. The third-order valence-electron chi connectivity index (χ3n) is 3.02. The number of aryl methyl sites for hydroxylation is 1. The molecule has 0 bridgehead atoms. The average Bonchev–Trinajstić information content (AvgIpc) is 3.09. The van der Waals surface area contributed by atoms with Gasteiger partial charge in [-0.2, -0.15) is 0 Å². The van der Waals surface area contributed by atoms with Crippen molar-refractivity contribution in [3.8, 4) is 11.3 Å². The van der Waals surface area contributed by atoms with Gasteiger partial charge in [0.05, 0.1) is 17.1 Å². The van der Waals surface area contributed by atoms with Crippen LogP contribution in [0, 0.1) is 6.92 Å². The van der Waals surface area contributed by atoms with Gasteiger partial charge in [0.2, 0.25) is 5.91 Å². The Morgan fingerprint density at radius 2 is 1.77 bits per heavy atom. The molecule has 6 heteroatoms. The van der Waals surface area contributed by atoms with E-state index in [1.165, 1.54) is 6.92 Å². The molecular weight excluding hydrogens is 314 g/mol. The molecule has 0 saturated carbocycles. The summed E-state index contributed by atoms with van der Waals surface area (Å²) in [7, 11) is 0. The lowest BCUT2D eigenvalue weighted by Crippen LogP contribution is -2.05. The quantitative estimate of drug-likeness (QED) is 0.783. The zero-order chi connectivity index (χ0) is 15.5. The molecule has 1 aromatic carbocycles. The molecule has 3 rings (SSSR count). The van der Waals surface area contributed by atoms with Gasteiger partial charge in [-0.15, -0.1) is 22.7 Å². The number of rotatable bonds is 4. The lowest BCUT2D eigenvalue weighted by molar-refractivity contribution is -0.114. The van der Waals surface area contributed by atoms with Gasteiger partial charge >= 0.3 is 0 Å². The molecule has 1 amide bonds. The Labute approximate surface area is 136 Å². The Morgan fingerprint density at radius 3 is 2.41 bits per heavy atom. The van der Waals surface area contributed by atoms with Crippen LogP contribution in [0.5, 0.6) is 0 Å². The van der Waals surface area contributed by atoms with Gasteiger partial charge in [-0.05, 0) is 19.1 Å². The molecule has 112 valence electrons. The molecule has 0 atom stereocenters. The molecule has 4 nitrogen and oxygen atoms in total. The van der Waals surface area contributed by atoms with E-state index in [-0.39, 0.29) is 5.91 Å². The van der Waals surface area contributed by atoms with Crippen molar-refractivity contribution in [2.45, 2.75) is 20.3 Å². The van der Waals surface area contributed by atoms with E-state index in [1.54, 1.807) is 22.7 Å². The van der Waals surface area contributed by atoms with Gasteiger partial charge in [-0.3, -0.25) is 4.79 Å². The molecule has 22 heavy (non-hydrogen) atoms. The van der Waals surface area contributed by atoms with Gasteiger partial charge in [-0.1, -0.05) is 12.1 Å². The molecule has 0 fully saturated rings. The Hall–Kier alpha value is -2.05. The number of nitrogens with one attached hydrogen (secondary N) is 1. The minimum absolute atomic E-state index is 0.0672. The number of carbonyl (C=O) groups excluding carboxylic acids is 1. The lowest BCUT2D eigenvalue weighted by Gasteiger charge is -2.02. The van der Waals surface area contributed by atoms with Crippen molar-refractivity contribution in [1.29, 1.82) is 0 Å². The van der Waals surface area contributed by atoms with Crippen LogP contribution in [-0.4, -0.2) is 15.9 Å². The summed E-state index contributed by atoms with van der Waals surface area (Å²) in [6, 6.07) is 7.72. The van der Waals surface area contributed by atoms with Gasteiger partial charge in [0.1, 0.15) is 5.01 Å². The number of anilines is 1. The van der Waals surface area contributed by atoms with Crippen LogP contribution in [-0.2, 0) is 11.2 Å². The number of thiazole rings is 2. The van der Waals surface area contributed by atoms with Crippen molar-refractivity contribution in [1.82, 2.24) is 9.97 Å². The number of amides is 1. The smallest absolute Gasteiger partial charge is 0.221 e. The first-order valence-corrected chi connectivity index (χ1v) is 8.59. The van der Waals surface area contributed by atoms with Crippen LogP contribution in [0.25, 0.3) is 11.3 Å². The van der Waals surface area contributed by atoms with Crippen LogP contribution < -0.4 is 5.32 Å². The topological polar surface area (TPSA) is 54.9 Å². The average molecular weight is 329 g/mol. The van der Waals surface area contributed by atoms with Gasteiger partial charge in [0, 0.05) is 34.6 Å². The van der Waals surface area contributed by atoms with E-state index < -0.39 is 0 Å². The van der Waals surface area contributed by atoms with E-state index in [2.05, 4.69) is 26.0 Å². The second-order valence-electron chi connectivity index (χ2n) is 4.94. The van der Waals surface area contributed by atoms with Gasteiger partial charge < -0.3 is 5.32 Å². The molecule has 2 heterocycles. The fraction of sp³-hybridized carbons (Fsp3) is 0.188. The predicted octanol–water partition coefficient (Wildman–Crippen LogP) is 4.12. The number of benzene rings is 1. The minimum Gasteiger partial charge on any atom is -0.326 e. The summed E-state index contributed by atoms with van der Waals surface area (Å²) >= 11 is 3.32. The fourth-order valence-electron chi connectivity index (χ4n) is 2.07. The Morgan fingerprint density at radius 1 is 1.09 bits per heavy atom. The summed E-state index contributed by atoms with van der Waals surface area (Å²) < 4.78 is 0. The maximum absolute atomic E-state index is 11.0. The van der Waals surface area contributed by atoms with E-state index in [0.29, 0.717) is 0 Å². The molecule has 0 aliphatic heterocycles. The van der Waals surface area contributed by atoms with Crippen LogP contribution in [0.1, 0.15) is 22.6 Å². The molecule has 0 unspecified atom stereocenters. The third-order valence-corrected chi connectivity index (χ3v) is 4.84. The first-order valence-electron chi connectivity index (χ1n) is 6.83. The summed E-state index contributed by atoms with van der Waals surface area (Å²) in [5.41, 5.74) is 3.87. The van der Waals surface area contributed by atoms with E-state index >= 15 is 0 Å². The number of nitrogens with zero attached hydrogens (tertiary/aromatic N) is 2. The van der Waals surface area contributed by atoms with Crippen molar-refractivity contribution in [3.05, 3.63) is 50.7 Å². The molecular formula is C16H15N3OS2. The highest BCUT2D eigenvalue weighted by atomic mass is 32.1. The minimum atomic E-state index is -0.0672. The Kier molecular flexibility index (Phi) is 4.31. The standard InChI is InChI=1S/C16H15N3OS2/c1-10-8-21-15(17-10)7-16-19-14(9-22-16)12-3-5-13(6-4-12)18-11(2)20/h3-6,8-9H,7H2,1-2H3,(H,18,20). The van der Waals surface area contributed by atoms with Crippen LogP contribution >= 0.6 is 22.7 Å². The molecule has 1 N–H and O–H groups in total. The van der Waals surface area contributed by atoms with Crippen LogP contribution in [0.15, 0.2) is 35.0 Å². The molecule has 0 spiro atoms. The molecule has 0 radical (unpaired) electrons. The highest BCUT2D eigenvalue weighted by Gasteiger charge is 2.08. The largest absolute Gasteiger partial charge is 0.326 e. The maximum atomic E-state index is 11.0. The van der Waals surface area contributed by atoms with Crippen molar-refractivity contribution in [2.24, 2.45) is 0 Å². The number of aromatic nitrogens is 2. The van der Waals surface area contributed by atoms with E-state index in [4.69, 9.17) is 0 Å². The van der Waals surface area contributed by atoms with Crippen LogP contribution in [0.4, 0.5) is 5.69 Å². The normalized spacial score (nSPS) is 10.6. The fourth-order valence-corrected chi connectivity index (χ4v) is 3.74. The van der Waals surface area contributed by atoms with Crippen LogP contribution in [0.2, 0.25) is 0 Å². The number of hydrogen-bond acceptors (Lipinski definition) is 5. The number of hydrogen-bond donors (Lipinski definition) is 1. The van der Waals surface area contributed by atoms with Crippen molar-refractivity contribution < 1.29 is 4.79 Å². The molecule has 0 aliphatic rings.